The molecule has 8 aromatic rings. The van der Waals surface area contributed by atoms with Gasteiger partial charge in [0.25, 0.3) is 0 Å². The molecule has 0 unspecified atom stereocenters. The maximum Gasteiger partial charge on any atom is 0.195 e. The van der Waals surface area contributed by atoms with Crippen molar-refractivity contribution in [2.45, 2.75) is 12.8 Å². The summed E-state index contributed by atoms with van der Waals surface area (Å²) in [4.78, 5) is 5.20. The maximum atomic E-state index is 6.57. The molecule has 0 radical (unpaired) electrons. The Bertz CT molecular complexity index is 2280. The highest BCUT2D eigenvalue weighted by Crippen LogP contribution is 2.46. The van der Waals surface area contributed by atoms with Crippen LogP contribution in [0.5, 0.6) is 0 Å². The van der Waals surface area contributed by atoms with Crippen LogP contribution in [0.15, 0.2) is 77.2 Å². The number of para-hydroxylation sites is 1. The predicted molar refractivity (Wildman–Crippen MR) is 159 cm³/mol. The molecule has 0 amide bonds. The number of aromatic nitrogens is 2. The molecule has 0 spiro atoms. The van der Waals surface area contributed by atoms with E-state index in [4.69, 9.17) is 21.0 Å². The minimum absolute atomic E-state index is 0.809. The topological polar surface area (TPSA) is 31.0 Å². The van der Waals surface area contributed by atoms with E-state index < -0.39 is 0 Å². The van der Waals surface area contributed by atoms with E-state index >= 15 is 0 Å². The van der Waals surface area contributed by atoms with Crippen molar-refractivity contribution in [3.8, 4) is 5.13 Å². The van der Waals surface area contributed by atoms with Crippen LogP contribution in [0, 0.1) is 0 Å². The van der Waals surface area contributed by atoms with E-state index in [1.54, 1.807) is 22.7 Å². The Kier molecular flexibility index (Phi) is 3.99. The Morgan fingerprint density at radius 3 is 2.70 bits per heavy atom. The minimum Gasteiger partial charge on any atom is -0.456 e. The Morgan fingerprint density at radius 1 is 0.811 bits per heavy atom. The molecule has 9 rings (SSSR count). The standard InChI is InChI=1S/C31H17ClN2OS2/c32-19-9-5-8-18-28-25(36-29(18)19)15-12-20-30(28)37-31(33-20)34-21-10-3-1-6-16(21)26-22(34)13-14-24-27(26)17-7-2-4-11-23(17)35-24/h2-5,7-15H,1,6H2. The zero-order chi connectivity index (χ0) is 24.2. The fourth-order valence-electron chi connectivity index (χ4n) is 6.06. The summed E-state index contributed by atoms with van der Waals surface area (Å²) in [6.45, 7) is 0. The fourth-order valence-corrected chi connectivity index (χ4v) is 8.69. The number of hydrogen-bond donors (Lipinski definition) is 0. The first-order valence-electron chi connectivity index (χ1n) is 12.3. The van der Waals surface area contributed by atoms with Crippen LogP contribution < -0.4 is 0 Å². The Morgan fingerprint density at radius 2 is 1.73 bits per heavy atom. The van der Waals surface area contributed by atoms with Crippen LogP contribution >= 0.6 is 34.3 Å². The van der Waals surface area contributed by atoms with Gasteiger partial charge >= 0.3 is 0 Å². The summed E-state index contributed by atoms with van der Waals surface area (Å²) in [7, 11) is 0. The first kappa shape index (κ1) is 20.4. The first-order valence-corrected chi connectivity index (χ1v) is 14.3. The van der Waals surface area contributed by atoms with Crippen molar-refractivity contribution < 1.29 is 4.42 Å². The van der Waals surface area contributed by atoms with E-state index in [2.05, 4.69) is 65.3 Å². The van der Waals surface area contributed by atoms with Gasteiger partial charge < -0.3 is 4.42 Å². The van der Waals surface area contributed by atoms with Gasteiger partial charge in [0.2, 0.25) is 0 Å². The van der Waals surface area contributed by atoms with Gasteiger partial charge in [-0.1, -0.05) is 59.3 Å². The molecule has 4 aromatic heterocycles. The lowest BCUT2D eigenvalue weighted by Gasteiger charge is -2.08. The lowest BCUT2D eigenvalue weighted by Crippen LogP contribution is -1.99. The third-order valence-electron chi connectivity index (χ3n) is 7.60. The Balaban J connectivity index is 1.42. The van der Waals surface area contributed by atoms with Crippen molar-refractivity contribution in [2.24, 2.45) is 0 Å². The second-order valence-corrected chi connectivity index (χ2v) is 12.0. The first-order chi connectivity index (χ1) is 18.3. The predicted octanol–water partition coefficient (Wildman–Crippen LogP) is 10.1. The van der Waals surface area contributed by atoms with Crippen LogP contribution in [0.25, 0.3) is 74.4 Å². The van der Waals surface area contributed by atoms with Crippen LogP contribution in [0.3, 0.4) is 0 Å². The summed E-state index contributed by atoms with van der Waals surface area (Å²) in [5, 5.41) is 7.94. The second kappa shape index (κ2) is 7.23. The number of aryl methyl sites for hydroxylation is 1. The number of halogens is 1. The van der Waals surface area contributed by atoms with E-state index in [1.165, 1.54) is 53.1 Å². The highest BCUT2D eigenvalue weighted by atomic mass is 35.5. The van der Waals surface area contributed by atoms with Crippen LogP contribution in [0.1, 0.15) is 17.7 Å². The number of fused-ring (bicyclic) bond motifs is 12. The largest absolute Gasteiger partial charge is 0.456 e. The number of hydrogen-bond acceptors (Lipinski definition) is 4. The number of thiazole rings is 1. The highest BCUT2D eigenvalue weighted by Gasteiger charge is 2.25. The second-order valence-electron chi connectivity index (χ2n) is 9.57. The summed E-state index contributed by atoms with van der Waals surface area (Å²) in [5.74, 6) is 0. The lowest BCUT2D eigenvalue weighted by atomic mass is 9.98. The molecule has 0 aliphatic heterocycles. The normalized spacial score (nSPS) is 13.8. The number of allylic oxidation sites excluding steroid dienone is 1. The van der Waals surface area contributed by atoms with Gasteiger partial charge in [0.05, 0.1) is 31.1 Å². The summed E-state index contributed by atoms with van der Waals surface area (Å²) >= 11 is 10.1. The van der Waals surface area contributed by atoms with Gasteiger partial charge in [-0.15, -0.1) is 11.3 Å². The van der Waals surface area contributed by atoms with Crippen LogP contribution in [-0.4, -0.2) is 9.55 Å². The number of thiophene rings is 1. The molecule has 1 aliphatic rings. The van der Waals surface area contributed by atoms with Crippen LogP contribution in [-0.2, 0) is 6.42 Å². The summed E-state index contributed by atoms with van der Waals surface area (Å²) < 4.78 is 12.2. The van der Waals surface area contributed by atoms with Crippen LogP contribution in [0.2, 0.25) is 5.02 Å². The molecule has 0 fully saturated rings. The van der Waals surface area contributed by atoms with Crippen LogP contribution in [0.4, 0.5) is 0 Å². The molecule has 1 aliphatic carbocycles. The fraction of sp³-hybridized carbons (Fsp3) is 0.0645. The quantitative estimate of drug-likeness (QED) is 0.210. The smallest absolute Gasteiger partial charge is 0.195 e. The number of rotatable bonds is 1. The monoisotopic (exact) mass is 532 g/mol. The Hall–Kier alpha value is -3.64. The van der Waals surface area contributed by atoms with Gasteiger partial charge in [-0.25, -0.2) is 4.98 Å². The molecule has 3 nitrogen and oxygen atoms in total. The highest BCUT2D eigenvalue weighted by molar-refractivity contribution is 7.28. The molecule has 0 saturated heterocycles. The molecule has 4 heterocycles. The number of benzene rings is 4. The van der Waals surface area contributed by atoms with Crippen molar-refractivity contribution in [1.82, 2.24) is 9.55 Å². The minimum atomic E-state index is 0.809. The van der Waals surface area contributed by atoms with Gasteiger partial charge in [-0.05, 0) is 60.9 Å². The van der Waals surface area contributed by atoms with Gasteiger partial charge in [-0.3, -0.25) is 4.57 Å². The maximum absolute atomic E-state index is 6.57. The molecule has 0 saturated carbocycles. The van der Waals surface area contributed by atoms with Crippen molar-refractivity contribution in [1.29, 1.82) is 0 Å². The molecule has 37 heavy (non-hydrogen) atoms. The van der Waals surface area contributed by atoms with E-state index in [0.717, 1.165) is 44.4 Å². The number of nitrogens with zero attached hydrogens (tertiary/aromatic N) is 2. The van der Waals surface area contributed by atoms with E-state index in [0.29, 0.717) is 0 Å². The average Bonchev–Trinajstić information content (AvgIpc) is 3.67. The summed E-state index contributed by atoms with van der Waals surface area (Å²) in [6, 6.07) is 23.2. The molecule has 4 aromatic carbocycles. The third kappa shape index (κ3) is 2.64. The third-order valence-corrected chi connectivity index (χ3v) is 10.3. The van der Waals surface area contributed by atoms with Gasteiger partial charge in [0.15, 0.2) is 5.13 Å². The molecule has 0 bridgehead atoms. The zero-order valence-corrected chi connectivity index (χ0v) is 21.8. The van der Waals surface area contributed by atoms with Crippen molar-refractivity contribution in [2.75, 3.05) is 0 Å². The lowest BCUT2D eigenvalue weighted by molar-refractivity contribution is 0.669. The SMILES string of the molecule is Clc1cccc2c1sc1ccc3nc(-n4c5c(c6c7c(ccc64)oc4ccccc47)CCC=C5)sc3c12. The molecule has 0 N–H and O–H groups in total. The van der Waals surface area contributed by atoms with Crippen molar-refractivity contribution in [3.63, 3.8) is 0 Å². The van der Waals surface area contributed by atoms with Gasteiger partial charge in [-0.2, -0.15) is 0 Å². The van der Waals surface area contributed by atoms with E-state index in [-0.39, 0.29) is 0 Å². The van der Waals surface area contributed by atoms with Gasteiger partial charge in [0.1, 0.15) is 11.2 Å². The van der Waals surface area contributed by atoms with E-state index in [1.807, 2.05) is 18.2 Å². The van der Waals surface area contributed by atoms with Crippen molar-refractivity contribution >= 4 is 104 Å². The molecule has 6 heteroatoms. The summed E-state index contributed by atoms with van der Waals surface area (Å²) in [6.07, 6.45) is 6.60. The van der Waals surface area contributed by atoms with Crippen molar-refractivity contribution in [3.05, 3.63) is 89.1 Å². The molecular formula is C31H17ClN2OS2. The summed E-state index contributed by atoms with van der Waals surface area (Å²) in [5.41, 5.74) is 6.69. The average molecular weight is 533 g/mol. The molecular weight excluding hydrogens is 516 g/mol. The molecule has 0 atom stereocenters. The number of furan rings is 1. The Labute approximate surface area is 223 Å². The van der Waals surface area contributed by atoms with Gasteiger partial charge in [0, 0.05) is 31.6 Å². The zero-order valence-electron chi connectivity index (χ0n) is 19.4. The van der Waals surface area contributed by atoms with E-state index in [9.17, 15) is 0 Å². The molecule has 176 valence electrons.